The van der Waals surface area contributed by atoms with Gasteiger partial charge in [0, 0.05) is 37.9 Å². The molecule has 1 aromatic rings. The van der Waals surface area contributed by atoms with Crippen LogP contribution >= 0.6 is 24.0 Å². The zero-order valence-electron chi connectivity index (χ0n) is 14.0. The van der Waals surface area contributed by atoms with Gasteiger partial charge >= 0.3 is 0 Å². The molecule has 0 saturated carbocycles. The fourth-order valence-electron chi connectivity index (χ4n) is 3.64. The highest BCUT2D eigenvalue weighted by Crippen LogP contribution is 2.34. The first-order valence-electron chi connectivity index (χ1n) is 8.74. The van der Waals surface area contributed by atoms with Gasteiger partial charge in [0.05, 0.1) is 6.67 Å². The molecule has 0 spiro atoms. The number of hydrogen-bond donors (Lipinski definition) is 0. The molecule has 0 unspecified atom stereocenters. The number of pyridine rings is 1. The number of amidine groups is 1. The van der Waals surface area contributed by atoms with E-state index in [1.165, 1.54) is 30.2 Å². The zero-order valence-corrected chi connectivity index (χ0v) is 15.6. The topological polar surface area (TPSA) is 52.0 Å². The van der Waals surface area contributed by atoms with Gasteiger partial charge in [0.1, 0.15) is 0 Å². The highest BCUT2D eigenvalue weighted by Gasteiger charge is 2.37. The summed E-state index contributed by atoms with van der Waals surface area (Å²) in [5.41, 5.74) is 1.26. The number of rotatable bonds is 3. The maximum atomic E-state index is 11.8. The number of likely N-dealkylation sites (tertiary alicyclic amines) is 1. The summed E-state index contributed by atoms with van der Waals surface area (Å²) >= 11 is 7.01. The van der Waals surface area contributed by atoms with Crippen LogP contribution in [0, 0.1) is 0 Å². The molecule has 4 rings (SSSR count). The van der Waals surface area contributed by atoms with Crippen LogP contribution in [0.4, 0.5) is 0 Å². The van der Waals surface area contributed by atoms with Gasteiger partial charge in [0.25, 0.3) is 0 Å². The molecule has 2 fully saturated rings. The standard InChI is InChI=1S/C17H21N5OS2/c23-15-7-4-10-21-16(19-15)25-17(24)22(21)12-20-9-2-1-6-14(20)13-5-3-8-18-11-13/h3,5,8,11,14H,1-2,4,6-7,9-10,12H2/t14-/m0/s1. The number of hydrogen-bond acceptors (Lipinski definition) is 6. The molecule has 25 heavy (non-hydrogen) atoms. The third kappa shape index (κ3) is 3.56. The lowest BCUT2D eigenvalue weighted by Gasteiger charge is -2.40. The summed E-state index contributed by atoms with van der Waals surface area (Å²) in [5.74, 6) is -0.0409. The summed E-state index contributed by atoms with van der Waals surface area (Å²) < 4.78 is 0.781. The van der Waals surface area contributed by atoms with Crippen molar-refractivity contribution in [1.29, 1.82) is 0 Å². The summed E-state index contributed by atoms with van der Waals surface area (Å²) in [5, 5.41) is 4.95. The number of fused-ring (bicyclic) bond motifs is 1. The second-order valence-corrected chi connectivity index (χ2v) is 8.14. The Balaban J connectivity index is 1.54. The summed E-state index contributed by atoms with van der Waals surface area (Å²) in [6.45, 7) is 2.57. The van der Waals surface area contributed by atoms with Gasteiger partial charge in [-0.25, -0.2) is 0 Å². The van der Waals surface area contributed by atoms with Crippen LogP contribution in [-0.2, 0) is 4.79 Å². The van der Waals surface area contributed by atoms with Crippen molar-refractivity contribution >= 4 is 39.4 Å². The minimum atomic E-state index is -0.0409. The fourth-order valence-corrected chi connectivity index (χ4v) is 4.88. The Morgan fingerprint density at radius 3 is 3.04 bits per heavy atom. The molecule has 0 aromatic carbocycles. The molecule has 0 N–H and O–H groups in total. The van der Waals surface area contributed by atoms with Crippen LogP contribution in [0.3, 0.4) is 0 Å². The van der Waals surface area contributed by atoms with Gasteiger partial charge in [-0.1, -0.05) is 24.7 Å². The normalized spacial score (nSPS) is 25.0. The minimum Gasteiger partial charge on any atom is -0.277 e. The molecular formula is C17H21N5OS2. The zero-order chi connectivity index (χ0) is 17.2. The Labute approximate surface area is 157 Å². The SMILES string of the molecule is O=C1CCCN2C(=N1)SC(=S)N2CN1CCCC[C@H]1c1cccnc1. The average molecular weight is 376 g/mol. The fraction of sp³-hybridized carbons (Fsp3) is 0.529. The average Bonchev–Trinajstić information content (AvgIpc) is 2.79. The smallest absolute Gasteiger partial charge is 0.248 e. The van der Waals surface area contributed by atoms with E-state index in [0.29, 0.717) is 12.5 Å². The molecule has 1 atom stereocenters. The first-order chi connectivity index (χ1) is 12.2. The summed E-state index contributed by atoms with van der Waals surface area (Å²) in [6.07, 6.45) is 8.70. The Morgan fingerprint density at radius 2 is 2.20 bits per heavy atom. The van der Waals surface area contributed by atoms with Gasteiger partial charge in [-0.2, -0.15) is 4.99 Å². The Bertz CT molecular complexity index is 696. The van der Waals surface area contributed by atoms with Gasteiger partial charge < -0.3 is 0 Å². The van der Waals surface area contributed by atoms with E-state index >= 15 is 0 Å². The number of thiocarbonyl (C=S) groups is 1. The van der Waals surface area contributed by atoms with Gasteiger partial charge in [0.15, 0.2) is 9.49 Å². The quantitative estimate of drug-likeness (QED) is 0.753. The minimum absolute atomic E-state index is 0.0409. The van der Waals surface area contributed by atoms with E-state index in [1.54, 1.807) is 0 Å². The largest absolute Gasteiger partial charge is 0.277 e. The maximum absolute atomic E-state index is 11.8. The first kappa shape index (κ1) is 16.9. The summed E-state index contributed by atoms with van der Waals surface area (Å²) in [6, 6.07) is 4.53. The maximum Gasteiger partial charge on any atom is 0.248 e. The van der Waals surface area contributed by atoms with E-state index < -0.39 is 0 Å². The molecule has 1 aromatic heterocycles. The van der Waals surface area contributed by atoms with Crippen molar-refractivity contribution in [2.24, 2.45) is 4.99 Å². The second kappa shape index (κ2) is 7.39. The van der Waals surface area contributed by atoms with Crippen molar-refractivity contribution in [1.82, 2.24) is 19.9 Å². The molecule has 6 nitrogen and oxygen atoms in total. The van der Waals surface area contributed by atoms with Gasteiger partial charge in [0.2, 0.25) is 5.91 Å². The highest BCUT2D eigenvalue weighted by molar-refractivity contribution is 8.33. The molecule has 4 heterocycles. The number of amides is 1. The van der Waals surface area contributed by atoms with Crippen molar-refractivity contribution in [2.75, 3.05) is 19.8 Å². The first-order valence-corrected chi connectivity index (χ1v) is 9.97. The lowest BCUT2D eigenvalue weighted by Crippen LogP contribution is -2.49. The number of aliphatic imine (C=N–C) groups is 1. The van der Waals surface area contributed by atoms with E-state index in [2.05, 4.69) is 31.0 Å². The molecule has 8 heteroatoms. The van der Waals surface area contributed by atoms with Crippen LogP contribution < -0.4 is 0 Å². The molecule has 0 aliphatic carbocycles. The second-order valence-electron chi connectivity index (χ2n) is 6.53. The van der Waals surface area contributed by atoms with Gasteiger partial charge in [-0.3, -0.25) is 24.7 Å². The monoisotopic (exact) mass is 375 g/mol. The number of carbonyl (C=O) groups excluding carboxylic acids is 1. The van der Waals surface area contributed by atoms with Crippen molar-refractivity contribution in [3.63, 3.8) is 0 Å². The van der Waals surface area contributed by atoms with E-state index in [9.17, 15) is 4.79 Å². The molecule has 3 aliphatic rings. The van der Waals surface area contributed by atoms with Crippen molar-refractivity contribution in [2.45, 2.75) is 38.1 Å². The Kier molecular flexibility index (Phi) is 5.00. The Morgan fingerprint density at radius 1 is 1.28 bits per heavy atom. The highest BCUT2D eigenvalue weighted by atomic mass is 32.2. The van der Waals surface area contributed by atoms with Crippen molar-refractivity contribution in [3.8, 4) is 0 Å². The van der Waals surface area contributed by atoms with E-state index in [-0.39, 0.29) is 5.91 Å². The number of hydrazine groups is 1. The van der Waals surface area contributed by atoms with E-state index in [0.717, 1.165) is 42.1 Å². The number of nitrogens with zero attached hydrogens (tertiary/aromatic N) is 5. The third-order valence-corrected chi connectivity index (χ3v) is 6.21. The molecule has 3 aliphatic heterocycles. The molecule has 0 radical (unpaired) electrons. The number of carbonyl (C=O) groups is 1. The lowest BCUT2D eigenvalue weighted by molar-refractivity contribution is -0.117. The van der Waals surface area contributed by atoms with Crippen LogP contribution in [0.25, 0.3) is 0 Å². The molecule has 132 valence electrons. The van der Waals surface area contributed by atoms with Crippen LogP contribution in [0.15, 0.2) is 29.5 Å². The van der Waals surface area contributed by atoms with Crippen LogP contribution in [0.1, 0.15) is 43.7 Å². The van der Waals surface area contributed by atoms with Crippen molar-refractivity contribution < 1.29 is 4.79 Å². The molecule has 0 bridgehead atoms. The molecule has 2 saturated heterocycles. The number of thioether (sulfide) groups is 1. The van der Waals surface area contributed by atoms with Crippen molar-refractivity contribution in [3.05, 3.63) is 30.1 Å². The van der Waals surface area contributed by atoms with Gasteiger partial charge in [-0.15, -0.1) is 0 Å². The van der Waals surface area contributed by atoms with Gasteiger partial charge in [-0.05, 0) is 42.7 Å². The molecular weight excluding hydrogens is 354 g/mol. The van der Waals surface area contributed by atoms with Crippen LogP contribution in [0.5, 0.6) is 0 Å². The summed E-state index contributed by atoms with van der Waals surface area (Å²) in [7, 11) is 0. The predicted octanol–water partition coefficient (Wildman–Crippen LogP) is 2.79. The van der Waals surface area contributed by atoms with E-state index in [4.69, 9.17) is 12.2 Å². The van der Waals surface area contributed by atoms with Crippen LogP contribution in [-0.4, -0.2) is 55.1 Å². The lowest BCUT2D eigenvalue weighted by atomic mass is 9.97. The predicted molar refractivity (Wildman–Crippen MR) is 103 cm³/mol. The third-order valence-electron chi connectivity index (χ3n) is 4.88. The number of aromatic nitrogens is 1. The summed E-state index contributed by atoms with van der Waals surface area (Å²) in [4.78, 5) is 22.7. The Hall–Kier alpha value is -1.51. The van der Waals surface area contributed by atoms with Crippen LogP contribution in [0.2, 0.25) is 0 Å². The van der Waals surface area contributed by atoms with E-state index in [1.807, 2.05) is 18.5 Å². The number of piperidine rings is 1. The molecule has 1 amide bonds.